The lowest BCUT2D eigenvalue weighted by atomic mass is 10.4. The second-order valence-corrected chi connectivity index (χ2v) is 2.77. The van der Waals surface area contributed by atoms with E-state index in [2.05, 4.69) is 20.9 Å². The molecule has 0 aliphatic heterocycles. The lowest BCUT2D eigenvalue weighted by Crippen LogP contribution is -2.13. The Hall–Kier alpha value is -0.700. The molecular formula is C8H16ClN3O. The highest BCUT2D eigenvalue weighted by atomic mass is 35.5. The summed E-state index contributed by atoms with van der Waals surface area (Å²) in [5.74, 6) is -0.258. The van der Waals surface area contributed by atoms with Crippen LogP contribution in [0.25, 0.3) is 0 Å². The molecule has 0 radical (unpaired) electrons. The number of nitrogens with zero attached hydrogens (tertiary/aromatic N) is 3. The minimum Gasteiger partial charge on any atom is -0.309 e. The Morgan fingerprint density at radius 3 is 2.54 bits per heavy atom. The maximum Gasteiger partial charge on any atom is 0.251 e. The van der Waals surface area contributed by atoms with Gasteiger partial charge in [-0.15, -0.1) is 12.4 Å². The number of hydrogen-bond acceptors (Lipinski definition) is 3. The molecule has 0 heterocycles. The van der Waals surface area contributed by atoms with Crippen LogP contribution in [0.5, 0.6) is 0 Å². The van der Waals surface area contributed by atoms with Crippen molar-refractivity contribution in [2.75, 3.05) is 27.2 Å². The molecule has 0 aromatic rings. The fraction of sp³-hybridized carbons (Fsp3) is 0.750. The van der Waals surface area contributed by atoms with Gasteiger partial charge in [-0.1, -0.05) is 0 Å². The Kier molecular flexibility index (Phi) is 10.7. The van der Waals surface area contributed by atoms with Crippen molar-refractivity contribution in [3.8, 4) is 0 Å². The van der Waals surface area contributed by atoms with Crippen LogP contribution in [0, 0.1) is 0 Å². The predicted molar refractivity (Wildman–Crippen MR) is 55.8 cm³/mol. The summed E-state index contributed by atoms with van der Waals surface area (Å²) in [4.78, 5) is 19.6. The molecule has 1 amide bonds. The average Bonchev–Trinajstić information content (AvgIpc) is 1.95. The van der Waals surface area contributed by atoms with Gasteiger partial charge in [0.15, 0.2) is 0 Å². The van der Waals surface area contributed by atoms with Crippen LogP contribution in [-0.2, 0) is 4.79 Å². The molecule has 0 spiro atoms. The SMILES string of the molecule is CC(=O)N=C=NCCCN(C)C.Cl. The molecule has 0 unspecified atom stereocenters. The van der Waals surface area contributed by atoms with Gasteiger partial charge < -0.3 is 4.90 Å². The van der Waals surface area contributed by atoms with Crippen molar-refractivity contribution in [2.24, 2.45) is 9.98 Å². The van der Waals surface area contributed by atoms with Gasteiger partial charge in [0.1, 0.15) is 0 Å². The summed E-state index contributed by atoms with van der Waals surface area (Å²) in [5.41, 5.74) is 0. The summed E-state index contributed by atoms with van der Waals surface area (Å²) in [6.45, 7) is 3.04. The van der Waals surface area contributed by atoms with E-state index in [-0.39, 0.29) is 18.3 Å². The molecular weight excluding hydrogens is 190 g/mol. The highest BCUT2D eigenvalue weighted by Gasteiger charge is 1.87. The van der Waals surface area contributed by atoms with Crippen LogP contribution >= 0.6 is 12.4 Å². The van der Waals surface area contributed by atoms with E-state index in [0.29, 0.717) is 6.54 Å². The molecule has 0 aromatic carbocycles. The van der Waals surface area contributed by atoms with Crippen molar-refractivity contribution in [1.82, 2.24) is 4.90 Å². The topological polar surface area (TPSA) is 45.0 Å². The first-order valence-electron chi connectivity index (χ1n) is 3.90. The molecule has 0 N–H and O–H groups in total. The normalized spacial score (nSPS) is 8.62. The summed E-state index contributed by atoms with van der Waals surface area (Å²) in [5, 5.41) is 0. The van der Waals surface area contributed by atoms with Crippen molar-refractivity contribution in [3.05, 3.63) is 0 Å². The molecule has 0 bridgehead atoms. The molecule has 13 heavy (non-hydrogen) atoms. The minimum absolute atomic E-state index is 0. The highest BCUT2D eigenvalue weighted by molar-refractivity contribution is 5.85. The maximum atomic E-state index is 10.3. The van der Waals surface area contributed by atoms with E-state index in [1.807, 2.05) is 14.1 Å². The van der Waals surface area contributed by atoms with E-state index in [9.17, 15) is 4.79 Å². The van der Waals surface area contributed by atoms with Crippen LogP contribution in [0.2, 0.25) is 0 Å². The van der Waals surface area contributed by atoms with Crippen LogP contribution in [0.1, 0.15) is 13.3 Å². The number of carbonyl (C=O) groups is 1. The van der Waals surface area contributed by atoms with E-state index < -0.39 is 0 Å². The number of hydrogen-bond donors (Lipinski definition) is 0. The zero-order chi connectivity index (χ0) is 9.40. The Balaban J connectivity index is 0. The Morgan fingerprint density at radius 1 is 1.46 bits per heavy atom. The molecule has 0 fully saturated rings. The number of rotatable bonds is 4. The lowest BCUT2D eigenvalue weighted by molar-refractivity contribution is -0.115. The molecule has 0 atom stereocenters. The van der Waals surface area contributed by atoms with Crippen LogP contribution in [0.15, 0.2) is 9.98 Å². The van der Waals surface area contributed by atoms with Gasteiger partial charge in [0.25, 0.3) is 5.91 Å². The average molecular weight is 206 g/mol. The van der Waals surface area contributed by atoms with Gasteiger partial charge in [-0.25, -0.2) is 4.99 Å². The van der Waals surface area contributed by atoms with E-state index in [4.69, 9.17) is 0 Å². The summed E-state index contributed by atoms with van der Waals surface area (Å²) in [6.07, 6.45) is 0.966. The molecule has 0 aliphatic carbocycles. The van der Waals surface area contributed by atoms with Gasteiger partial charge in [0, 0.05) is 6.92 Å². The molecule has 0 saturated heterocycles. The standard InChI is InChI=1S/C8H15N3O.ClH/c1-8(12)10-7-9-5-4-6-11(2)3;/h4-6H2,1-3H3;1H. The summed E-state index contributed by atoms with van der Waals surface area (Å²) < 4.78 is 0. The fourth-order valence-electron chi connectivity index (χ4n) is 0.622. The number of halogens is 1. The second-order valence-electron chi connectivity index (χ2n) is 2.77. The smallest absolute Gasteiger partial charge is 0.251 e. The third-order valence-electron chi connectivity index (χ3n) is 1.15. The first kappa shape index (κ1) is 14.8. The molecule has 0 aromatic heterocycles. The Labute approximate surface area is 85.2 Å². The first-order valence-corrected chi connectivity index (χ1v) is 3.90. The fourth-order valence-corrected chi connectivity index (χ4v) is 0.622. The van der Waals surface area contributed by atoms with Crippen molar-refractivity contribution in [2.45, 2.75) is 13.3 Å². The quantitative estimate of drug-likeness (QED) is 0.509. The largest absolute Gasteiger partial charge is 0.309 e. The molecule has 4 nitrogen and oxygen atoms in total. The van der Waals surface area contributed by atoms with Crippen LogP contribution in [-0.4, -0.2) is 44.0 Å². The Morgan fingerprint density at radius 2 is 2.08 bits per heavy atom. The molecule has 5 heteroatoms. The van der Waals surface area contributed by atoms with E-state index >= 15 is 0 Å². The van der Waals surface area contributed by atoms with Gasteiger partial charge in [-0.2, -0.15) is 4.99 Å². The monoisotopic (exact) mass is 205 g/mol. The van der Waals surface area contributed by atoms with Gasteiger partial charge in [-0.05, 0) is 27.1 Å². The van der Waals surface area contributed by atoms with E-state index in [1.54, 1.807) is 0 Å². The first-order chi connectivity index (χ1) is 5.63. The van der Waals surface area contributed by atoms with Crippen molar-refractivity contribution in [3.63, 3.8) is 0 Å². The van der Waals surface area contributed by atoms with Crippen molar-refractivity contribution < 1.29 is 4.79 Å². The maximum absolute atomic E-state index is 10.3. The number of aliphatic imine (C=N–C) groups is 2. The van der Waals surface area contributed by atoms with Gasteiger partial charge in [0.2, 0.25) is 0 Å². The summed E-state index contributed by atoms with van der Waals surface area (Å²) in [7, 11) is 4.01. The molecule has 76 valence electrons. The Bertz CT molecular complexity index is 198. The minimum atomic E-state index is -0.258. The summed E-state index contributed by atoms with van der Waals surface area (Å²) >= 11 is 0. The second kappa shape index (κ2) is 9.39. The number of amides is 1. The van der Waals surface area contributed by atoms with E-state index in [0.717, 1.165) is 13.0 Å². The van der Waals surface area contributed by atoms with Crippen LogP contribution < -0.4 is 0 Å². The lowest BCUT2D eigenvalue weighted by Gasteiger charge is -2.05. The zero-order valence-corrected chi connectivity index (χ0v) is 9.10. The molecule has 0 saturated carbocycles. The third-order valence-corrected chi connectivity index (χ3v) is 1.15. The van der Waals surface area contributed by atoms with Gasteiger partial charge >= 0.3 is 0 Å². The van der Waals surface area contributed by atoms with Crippen molar-refractivity contribution >= 4 is 24.3 Å². The van der Waals surface area contributed by atoms with Gasteiger partial charge in [-0.3, -0.25) is 4.79 Å². The molecule has 0 aliphatic rings. The van der Waals surface area contributed by atoms with Crippen LogP contribution in [0.4, 0.5) is 0 Å². The van der Waals surface area contributed by atoms with Gasteiger partial charge in [0.05, 0.1) is 12.6 Å². The van der Waals surface area contributed by atoms with E-state index in [1.165, 1.54) is 6.92 Å². The van der Waals surface area contributed by atoms with Crippen molar-refractivity contribution in [1.29, 1.82) is 0 Å². The summed E-state index contributed by atoms with van der Waals surface area (Å²) in [6, 6.07) is 2.34. The predicted octanol–water partition coefficient (Wildman–Crippen LogP) is 1.08. The zero-order valence-electron chi connectivity index (χ0n) is 8.28. The number of carbonyl (C=O) groups excluding carboxylic acids is 1. The molecule has 0 rings (SSSR count). The highest BCUT2D eigenvalue weighted by Crippen LogP contribution is 1.82. The van der Waals surface area contributed by atoms with Crippen LogP contribution in [0.3, 0.4) is 0 Å². The third kappa shape index (κ3) is 14.2.